The number of benzene rings is 2. The number of hydrogen-bond acceptors (Lipinski definition) is 4. The Morgan fingerprint density at radius 1 is 1.07 bits per heavy atom. The van der Waals surface area contributed by atoms with Crippen LogP contribution in [0.1, 0.15) is 25.0 Å². The van der Waals surface area contributed by atoms with Crippen LogP contribution in [0.15, 0.2) is 53.7 Å². The Labute approximate surface area is 164 Å². The van der Waals surface area contributed by atoms with Gasteiger partial charge in [0.15, 0.2) is 11.0 Å². The van der Waals surface area contributed by atoms with Crippen LogP contribution in [-0.2, 0) is 4.79 Å². The lowest BCUT2D eigenvalue weighted by Gasteiger charge is -2.12. The normalized spacial score (nSPS) is 11.0. The average Bonchev–Trinajstić information content (AvgIpc) is 3.06. The van der Waals surface area contributed by atoms with Gasteiger partial charge in [-0.25, -0.2) is 0 Å². The van der Waals surface area contributed by atoms with Crippen LogP contribution in [0.25, 0.3) is 17.1 Å². The summed E-state index contributed by atoms with van der Waals surface area (Å²) in [4.78, 5) is 12.1. The van der Waals surface area contributed by atoms with Crippen molar-refractivity contribution >= 4 is 17.7 Å². The van der Waals surface area contributed by atoms with Gasteiger partial charge in [0.1, 0.15) is 0 Å². The highest BCUT2D eigenvalue weighted by atomic mass is 32.2. The second kappa shape index (κ2) is 8.39. The first-order chi connectivity index (χ1) is 13.0. The van der Waals surface area contributed by atoms with Gasteiger partial charge in [-0.2, -0.15) is 0 Å². The molecule has 0 saturated carbocycles. The monoisotopic (exact) mass is 380 g/mol. The zero-order valence-electron chi connectivity index (χ0n) is 16.1. The Hall–Kier alpha value is -2.60. The maximum Gasteiger partial charge on any atom is 0.230 e. The van der Waals surface area contributed by atoms with E-state index >= 15 is 0 Å². The van der Waals surface area contributed by atoms with E-state index in [-0.39, 0.29) is 11.9 Å². The molecule has 3 aromatic rings. The number of amides is 1. The molecule has 0 fully saturated rings. The number of aryl methyl sites for hydroxylation is 2. The molecule has 1 heterocycles. The van der Waals surface area contributed by atoms with Gasteiger partial charge in [-0.05, 0) is 51.0 Å². The highest BCUT2D eigenvalue weighted by Crippen LogP contribution is 2.28. The van der Waals surface area contributed by atoms with Gasteiger partial charge in [-0.1, -0.05) is 48.2 Å². The number of hydrogen-bond donors (Lipinski definition) is 1. The fraction of sp³-hybridized carbons (Fsp3) is 0.286. The van der Waals surface area contributed by atoms with Crippen LogP contribution in [0.3, 0.4) is 0 Å². The zero-order valence-corrected chi connectivity index (χ0v) is 16.9. The van der Waals surface area contributed by atoms with Crippen molar-refractivity contribution in [2.75, 3.05) is 5.75 Å². The summed E-state index contributed by atoms with van der Waals surface area (Å²) in [6, 6.07) is 16.4. The summed E-state index contributed by atoms with van der Waals surface area (Å²) in [6.45, 7) is 8.09. The van der Waals surface area contributed by atoms with Crippen molar-refractivity contribution in [2.45, 2.75) is 38.9 Å². The zero-order chi connectivity index (χ0) is 19.4. The van der Waals surface area contributed by atoms with Crippen molar-refractivity contribution in [2.24, 2.45) is 0 Å². The standard InChI is InChI=1S/C21H24N4OS/c1-14(2)22-19(26)13-27-21-24-23-20(17-8-6-5-7-9-17)25(21)18-11-10-15(3)16(4)12-18/h5-12,14H,13H2,1-4H3,(H,22,26). The minimum absolute atomic E-state index is 0.00843. The summed E-state index contributed by atoms with van der Waals surface area (Å²) in [5.74, 6) is 1.06. The van der Waals surface area contributed by atoms with Crippen molar-refractivity contribution in [3.63, 3.8) is 0 Å². The number of aromatic nitrogens is 3. The number of rotatable bonds is 6. The summed E-state index contributed by atoms with van der Waals surface area (Å²) in [5.41, 5.74) is 4.42. The van der Waals surface area contributed by atoms with Crippen molar-refractivity contribution in [3.8, 4) is 17.1 Å². The Kier molecular flexibility index (Phi) is 5.96. The second-order valence-electron chi connectivity index (χ2n) is 6.79. The van der Waals surface area contributed by atoms with E-state index in [9.17, 15) is 4.79 Å². The van der Waals surface area contributed by atoms with Crippen LogP contribution in [0.4, 0.5) is 0 Å². The molecular weight excluding hydrogens is 356 g/mol. The second-order valence-corrected chi connectivity index (χ2v) is 7.73. The number of carbonyl (C=O) groups excluding carboxylic acids is 1. The van der Waals surface area contributed by atoms with E-state index in [0.717, 1.165) is 17.1 Å². The molecule has 5 nitrogen and oxygen atoms in total. The summed E-state index contributed by atoms with van der Waals surface area (Å²) in [5, 5.41) is 12.4. The Morgan fingerprint density at radius 2 is 1.81 bits per heavy atom. The van der Waals surface area contributed by atoms with E-state index in [4.69, 9.17) is 0 Å². The molecule has 0 spiro atoms. The van der Waals surface area contributed by atoms with Crippen LogP contribution >= 0.6 is 11.8 Å². The first-order valence-electron chi connectivity index (χ1n) is 8.96. The van der Waals surface area contributed by atoms with Crippen LogP contribution in [0, 0.1) is 13.8 Å². The molecule has 0 atom stereocenters. The smallest absolute Gasteiger partial charge is 0.230 e. The third-order valence-corrected chi connectivity index (χ3v) is 5.13. The molecule has 1 amide bonds. The first-order valence-corrected chi connectivity index (χ1v) is 9.95. The van der Waals surface area contributed by atoms with Crippen LogP contribution in [0.5, 0.6) is 0 Å². The molecule has 0 unspecified atom stereocenters. The Morgan fingerprint density at radius 3 is 2.48 bits per heavy atom. The molecule has 0 bridgehead atoms. The highest BCUT2D eigenvalue weighted by molar-refractivity contribution is 7.99. The van der Waals surface area contributed by atoms with E-state index in [1.165, 1.54) is 22.9 Å². The van der Waals surface area contributed by atoms with E-state index in [2.05, 4.69) is 47.6 Å². The molecule has 140 valence electrons. The van der Waals surface area contributed by atoms with Crippen molar-refractivity contribution in [1.82, 2.24) is 20.1 Å². The van der Waals surface area contributed by atoms with E-state index < -0.39 is 0 Å². The van der Waals surface area contributed by atoms with E-state index in [0.29, 0.717) is 10.9 Å². The third-order valence-electron chi connectivity index (χ3n) is 4.20. The van der Waals surface area contributed by atoms with Gasteiger partial charge < -0.3 is 5.32 Å². The van der Waals surface area contributed by atoms with Gasteiger partial charge in [0.2, 0.25) is 5.91 Å². The van der Waals surface area contributed by atoms with E-state index in [1.54, 1.807) is 0 Å². The van der Waals surface area contributed by atoms with Crippen molar-refractivity contribution in [3.05, 3.63) is 59.7 Å². The minimum atomic E-state index is -0.00843. The average molecular weight is 381 g/mol. The molecule has 27 heavy (non-hydrogen) atoms. The quantitative estimate of drug-likeness (QED) is 0.652. The summed E-state index contributed by atoms with van der Waals surface area (Å²) in [6.07, 6.45) is 0. The Balaban J connectivity index is 2.00. The summed E-state index contributed by atoms with van der Waals surface area (Å²) >= 11 is 1.39. The number of nitrogens with zero attached hydrogens (tertiary/aromatic N) is 3. The van der Waals surface area contributed by atoms with Gasteiger partial charge in [0, 0.05) is 11.6 Å². The SMILES string of the molecule is Cc1ccc(-n2c(SCC(=O)NC(C)C)nnc2-c2ccccc2)cc1C. The lowest BCUT2D eigenvalue weighted by atomic mass is 10.1. The highest BCUT2D eigenvalue weighted by Gasteiger charge is 2.17. The fourth-order valence-corrected chi connectivity index (χ4v) is 3.49. The first kappa shape index (κ1) is 19.2. The number of carbonyl (C=O) groups is 1. The molecule has 0 aliphatic rings. The Bertz CT molecular complexity index is 935. The molecule has 0 saturated heterocycles. The molecular formula is C21H24N4OS. The largest absolute Gasteiger partial charge is 0.353 e. The predicted molar refractivity (Wildman–Crippen MR) is 110 cm³/mol. The molecule has 1 N–H and O–H groups in total. The van der Waals surface area contributed by atoms with Crippen molar-refractivity contribution < 1.29 is 4.79 Å². The molecule has 2 aromatic carbocycles. The molecule has 0 aliphatic carbocycles. The van der Waals surface area contributed by atoms with Crippen LogP contribution < -0.4 is 5.32 Å². The van der Waals surface area contributed by atoms with Crippen LogP contribution in [0.2, 0.25) is 0 Å². The maximum absolute atomic E-state index is 12.1. The molecule has 3 rings (SSSR count). The topological polar surface area (TPSA) is 59.8 Å². The molecule has 0 aliphatic heterocycles. The lowest BCUT2D eigenvalue weighted by molar-refractivity contribution is -0.119. The lowest BCUT2D eigenvalue weighted by Crippen LogP contribution is -2.31. The van der Waals surface area contributed by atoms with Crippen molar-refractivity contribution in [1.29, 1.82) is 0 Å². The van der Waals surface area contributed by atoms with Gasteiger partial charge in [0.05, 0.1) is 11.4 Å². The van der Waals surface area contributed by atoms with Gasteiger partial charge in [0.25, 0.3) is 0 Å². The third kappa shape index (κ3) is 4.57. The van der Waals surface area contributed by atoms with Crippen LogP contribution in [-0.4, -0.2) is 32.5 Å². The molecule has 1 aromatic heterocycles. The fourth-order valence-electron chi connectivity index (χ4n) is 2.73. The summed E-state index contributed by atoms with van der Waals surface area (Å²) < 4.78 is 2.02. The van der Waals surface area contributed by atoms with Gasteiger partial charge in [-0.3, -0.25) is 9.36 Å². The van der Waals surface area contributed by atoms with Gasteiger partial charge >= 0.3 is 0 Å². The molecule has 0 radical (unpaired) electrons. The predicted octanol–water partition coefficient (Wildman–Crippen LogP) is 4.17. The summed E-state index contributed by atoms with van der Waals surface area (Å²) in [7, 11) is 0. The number of thioether (sulfide) groups is 1. The number of nitrogens with one attached hydrogen (secondary N) is 1. The van der Waals surface area contributed by atoms with Gasteiger partial charge in [-0.15, -0.1) is 10.2 Å². The van der Waals surface area contributed by atoms with E-state index in [1.807, 2.05) is 48.7 Å². The minimum Gasteiger partial charge on any atom is -0.353 e. The maximum atomic E-state index is 12.1. The molecule has 6 heteroatoms.